The summed E-state index contributed by atoms with van der Waals surface area (Å²) in [5, 5.41) is 3.41. The molecule has 0 amide bonds. The molecule has 3 nitrogen and oxygen atoms in total. The van der Waals surface area contributed by atoms with Crippen LogP contribution in [0, 0.1) is 0 Å². The number of halogens is 1. The Morgan fingerprint density at radius 3 is 2.45 bits per heavy atom. The summed E-state index contributed by atoms with van der Waals surface area (Å²) in [6, 6.07) is 8.28. The Balaban J connectivity index is 2.42. The number of nitrogens with zero attached hydrogens (tertiary/aromatic N) is 2. The zero-order valence-electron chi connectivity index (χ0n) is 12.0. The first-order chi connectivity index (χ1) is 9.76. The highest BCUT2D eigenvalue weighted by atomic mass is 79.9. The van der Waals surface area contributed by atoms with Gasteiger partial charge in [0.1, 0.15) is 12.1 Å². The van der Waals surface area contributed by atoms with Gasteiger partial charge < -0.3 is 5.32 Å². The summed E-state index contributed by atoms with van der Waals surface area (Å²) >= 11 is 3.47. The molecule has 2 rings (SSSR count). The number of aromatic nitrogens is 2. The van der Waals surface area contributed by atoms with Gasteiger partial charge in [-0.15, -0.1) is 0 Å². The first kappa shape index (κ1) is 15.0. The van der Waals surface area contributed by atoms with Gasteiger partial charge in [0.15, 0.2) is 0 Å². The Kier molecular flexibility index (Phi) is 5.53. The highest BCUT2D eigenvalue weighted by Gasteiger charge is 2.12. The van der Waals surface area contributed by atoms with Crippen LogP contribution in [0.2, 0.25) is 0 Å². The van der Waals surface area contributed by atoms with Crippen LogP contribution in [0.15, 0.2) is 35.1 Å². The van der Waals surface area contributed by atoms with Gasteiger partial charge in [-0.05, 0) is 25.0 Å². The summed E-state index contributed by atoms with van der Waals surface area (Å²) in [6.07, 6.45) is 4.80. The lowest BCUT2D eigenvalue weighted by molar-refractivity contribution is 0.892. The van der Waals surface area contributed by atoms with Crippen LogP contribution in [-0.2, 0) is 6.42 Å². The van der Waals surface area contributed by atoms with Crippen molar-refractivity contribution in [1.82, 2.24) is 9.97 Å². The summed E-state index contributed by atoms with van der Waals surface area (Å²) in [6.45, 7) is 5.28. The molecule has 0 unspecified atom stereocenters. The van der Waals surface area contributed by atoms with Crippen LogP contribution < -0.4 is 5.32 Å². The number of hydrogen-bond acceptors (Lipinski definition) is 3. The second kappa shape index (κ2) is 7.39. The van der Waals surface area contributed by atoms with E-state index < -0.39 is 0 Å². The van der Waals surface area contributed by atoms with Gasteiger partial charge in [0.2, 0.25) is 0 Å². The fourth-order valence-electron chi connectivity index (χ4n) is 2.15. The molecule has 1 aromatic heterocycles. The lowest BCUT2D eigenvalue weighted by atomic mass is 10.0. The highest BCUT2D eigenvalue weighted by Crippen LogP contribution is 2.27. The fraction of sp³-hybridized carbons (Fsp3) is 0.375. The molecule has 1 heterocycles. The van der Waals surface area contributed by atoms with Crippen molar-refractivity contribution in [3.63, 3.8) is 0 Å². The van der Waals surface area contributed by atoms with E-state index in [9.17, 15) is 0 Å². The molecular formula is C16H20BrN3. The molecule has 1 N–H and O–H groups in total. The molecule has 0 bridgehead atoms. The second-order valence-corrected chi connectivity index (χ2v) is 5.65. The summed E-state index contributed by atoms with van der Waals surface area (Å²) < 4.78 is 1.08. The highest BCUT2D eigenvalue weighted by molar-refractivity contribution is 9.10. The molecular weight excluding hydrogens is 314 g/mol. The van der Waals surface area contributed by atoms with Crippen molar-refractivity contribution in [3.8, 4) is 11.3 Å². The van der Waals surface area contributed by atoms with Gasteiger partial charge in [0.05, 0.1) is 5.69 Å². The molecule has 0 spiro atoms. The predicted molar refractivity (Wildman–Crippen MR) is 87.9 cm³/mol. The monoisotopic (exact) mass is 333 g/mol. The van der Waals surface area contributed by atoms with Crippen LogP contribution in [0.4, 0.5) is 5.82 Å². The lowest BCUT2D eigenvalue weighted by Crippen LogP contribution is -2.07. The molecule has 4 heteroatoms. The van der Waals surface area contributed by atoms with Crippen molar-refractivity contribution in [2.45, 2.75) is 33.1 Å². The first-order valence-electron chi connectivity index (χ1n) is 7.10. The molecule has 0 saturated carbocycles. The average molecular weight is 334 g/mol. The first-order valence-corrected chi connectivity index (χ1v) is 7.89. The third-order valence-electron chi connectivity index (χ3n) is 3.11. The number of nitrogens with one attached hydrogen (secondary N) is 1. The smallest absolute Gasteiger partial charge is 0.133 e. The molecule has 2 aromatic rings. The van der Waals surface area contributed by atoms with E-state index in [4.69, 9.17) is 0 Å². The van der Waals surface area contributed by atoms with E-state index in [1.54, 1.807) is 6.33 Å². The van der Waals surface area contributed by atoms with Gasteiger partial charge in [0, 0.05) is 22.1 Å². The van der Waals surface area contributed by atoms with Gasteiger partial charge in [-0.1, -0.05) is 48.3 Å². The van der Waals surface area contributed by atoms with Crippen LogP contribution in [0.5, 0.6) is 0 Å². The van der Waals surface area contributed by atoms with E-state index >= 15 is 0 Å². The minimum absolute atomic E-state index is 0.938. The molecule has 0 radical (unpaired) electrons. The summed E-state index contributed by atoms with van der Waals surface area (Å²) in [5.74, 6) is 0.974. The van der Waals surface area contributed by atoms with Crippen molar-refractivity contribution < 1.29 is 0 Å². The fourth-order valence-corrected chi connectivity index (χ4v) is 2.42. The van der Waals surface area contributed by atoms with Crippen molar-refractivity contribution in [2.24, 2.45) is 0 Å². The molecule has 1 aromatic carbocycles. The molecule has 0 fully saturated rings. The minimum Gasteiger partial charge on any atom is -0.370 e. The third-order valence-corrected chi connectivity index (χ3v) is 3.63. The topological polar surface area (TPSA) is 37.8 Å². The van der Waals surface area contributed by atoms with E-state index in [2.05, 4.69) is 57.2 Å². The summed E-state index contributed by atoms with van der Waals surface area (Å²) in [7, 11) is 0. The zero-order valence-corrected chi connectivity index (χ0v) is 13.6. The van der Waals surface area contributed by atoms with Crippen molar-refractivity contribution in [1.29, 1.82) is 0 Å². The minimum atomic E-state index is 0.938. The molecule has 0 aliphatic heterocycles. The lowest BCUT2D eigenvalue weighted by Gasteiger charge is -2.13. The zero-order chi connectivity index (χ0) is 14.4. The molecule has 20 heavy (non-hydrogen) atoms. The predicted octanol–water partition coefficient (Wildman–Crippen LogP) is 4.68. The van der Waals surface area contributed by atoms with Gasteiger partial charge in [-0.2, -0.15) is 0 Å². The standard InChI is InChI=1S/C16H20BrN3/c1-3-5-14-15(12-6-8-13(17)9-7-12)19-11-20-16(14)18-10-4-2/h6-9,11H,3-5,10H2,1-2H3,(H,18,19,20). The van der Waals surface area contributed by atoms with Gasteiger partial charge in [-0.25, -0.2) is 9.97 Å². The largest absolute Gasteiger partial charge is 0.370 e. The second-order valence-electron chi connectivity index (χ2n) is 4.73. The normalized spacial score (nSPS) is 10.6. The van der Waals surface area contributed by atoms with E-state index in [0.717, 1.165) is 47.4 Å². The van der Waals surface area contributed by atoms with Crippen LogP contribution in [0.3, 0.4) is 0 Å². The average Bonchev–Trinajstić information content (AvgIpc) is 2.47. The van der Waals surface area contributed by atoms with E-state index in [1.165, 1.54) is 5.56 Å². The van der Waals surface area contributed by atoms with Gasteiger partial charge in [0.25, 0.3) is 0 Å². The van der Waals surface area contributed by atoms with Gasteiger partial charge in [-0.3, -0.25) is 0 Å². The Morgan fingerprint density at radius 2 is 1.80 bits per heavy atom. The maximum absolute atomic E-state index is 4.50. The van der Waals surface area contributed by atoms with Crippen molar-refractivity contribution in [2.75, 3.05) is 11.9 Å². The molecule has 0 atom stereocenters. The van der Waals surface area contributed by atoms with Crippen LogP contribution >= 0.6 is 15.9 Å². The van der Waals surface area contributed by atoms with Crippen molar-refractivity contribution >= 4 is 21.7 Å². The quantitative estimate of drug-likeness (QED) is 0.833. The Labute approximate surface area is 129 Å². The summed E-state index contributed by atoms with van der Waals surface area (Å²) in [4.78, 5) is 8.91. The van der Waals surface area contributed by atoms with Crippen LogP contribution in [0.1, 0.15) is 32.3 Å². The molecule has 0 saturated heterocycles. The Hall–Kier alpha value is -1.42. The number of anilines is 1. The maximum atomic E-state index is 4.50. The van der Waals surface area contributed by atoms with Crippen LogP contribution in [0.25, 0.3) is 11.3 Å². The third kappa shape index (κ3) is 3.57. The van der Waals surface area contributed by atoms with Gasteiger partial charge >= 0.3 is 0 Å². The van der Waals surface area contributed by atoms with Crippen molar-refractivity contribution in [3.05, 3.63) is 40.6 Å². The van der Waals surface area contributed by atoms with E-state index in [0.29, 0.717) is 0 Å². The maximum Gasteiger partial charge on any atom is 0.133 e. The Bertz CT molecular complexity index is 552. The molecule has 106 valence electrons. The van der Waals surface area contributed by atoms with E-state index in [1.807, 2.05) is 12.1 Å². The number of hydrogen-bond donors (Lipinski definition) is 1. The summed E-state index contributed by atoms with van der Waals surface area (Å²) in [5.41, 5.74) is 3.39. The van der Waals surface area contributed by atoms with E-state index in [-0.39, 0.29) is 0 Å². The number of benzene rings is 1. The SMILES string of the molecule is CCCNc1ncnc(-c2ccc(Br)cc2)c1CCC. The molecule has 0 aliphatic rings. The number of rotatable bonds is 6. The van der Waals surface area contributed by atoms with Crippen LogP contribution in [-0.4, -0.2) is 16.5 Å². The molecule has 0 aliphatic carbocycles. The Morgan fingerprint density at radius 1 is 1.05 bits per heavy atom.